The number of carbonyl (C=O) groups is 3. The molecule has 1 aromatic carbocycles. The topological polar surface area (TPSA) is 152 Å². The van der Waals surface area contributed by atoms with Gasteiger partial charge in [0.05, 0.1) is 4.92 Å². The molecule has 0 saturated carbocycles. The fourth-order valence-electron chi connectivity index (χ4n) is 2.82. The number of aromatic nitrogens is 1. The quantitative estimate of drug-likeness (QED) is 0.343. The molecule has 2 amide bonds. The summed E-state index contributed by atoms with van der Waals surface area (Å²) in [5, 5.41) is 23.3. The Hall–Kier alpha value is -3.19. The van der Waals surface area contributed by atoms with Crippen LogP contribution >= 0.6 is 24.0 Å². The standard InChI is InChI=1S/C17H16N4O7S2/c22-14(19-16-18-12(8-30-16)15(23)24)13-5-11(29)6-20(13)17(25)28-7-9-1-3-10(4-2-9)21(26)27/h1-4,8,11,13,29H,5-7H2,(H,23,24)(H,18,19,22)/t11-,13-/m0/s1. The Balaban J connectivity index is 1.61. The van der Waals surface area contributed by atoms with Crippen molar-refractivity contribution in [1.29, 1.82) is 0 Å². The van der Waals surface area contributed by atoms with Crippen molar-refractivity contribution in [1.82, 2.24) is 9.88 Å². The zero-order valence-corrected chi connectivity index (χ0v) is 17.0. The van der Waals surface area contributed by atoms with Crippen molar-refractivity contribution in [3.63, 3.8) is 0 Å². The van der Waals surface area contributed by atoms with Gasteiger partial charge in [-0.2, -0.15) is 12.6 Å². The Bertz CT molecular complexity index is 979. The number of amides is 2. The Kier molecular flexibility index (Phi) is 6.52. The molecular formula is C17H16N4O7S2. The number of rotatable bonds is 6. The molecule has 0 bridgehead atoms. The minimum Gasteiger partial charge on any atom is -0.476 e. The predicted molar refractivity (Wildman–Crippen MR) is 109 cm³/mol. The first-order valence-electron chi connectivity index (χ1n) is 8.59. The summed E-state index contributed by atoms with van der Waals surface area (Å²) in [6.45, 7) is 0.0753. The molecule has 3 rings (SSSR count). The van der Waals surface area contributed by atoms with Crippen LogP contribution in [0.4, 0.5) is 15.6 Å². The molecule has 2 N–H and O–H groups in total. The van der Waals surface area contributed by atoms with Gasteiger partial charge in [-0.15, -0.1) is 11.3 Å². The third-order valence-electron chi connectivity index (χ3n) is 4.28. The summed E-state index contributed by atoms with van der Waals surface area (Å²) in [4.78, 5) is 51.2. The van der Waals surface area contributed by atoms with E-state index in [2.05, 4.69) is 22.9 Å². The minimum absolute atomic E-state index is 0.0764. The number of thiol groups is 1. The van der Waals surface area contributed by atoms with Gasteiger partial charge < -0.3 is 15.2 Å². The van der Waals surface area contributed by atoms with Gasteiger partial charge in [0.1, 0.15) is 12.6 Å². The van der Waals surface area contributed by atoms with Crippen LogP contribution in [0.1, 0.15) is 22.5 Å². The van der Waals surface area contributed by atoms with Crippen LogP contribution in [0.5, 0.6) is 0 Å². The van der Waals surface area contributed by atoms with Crippen molar-refractivity contribution in [2.45, 2.75) is 24.3 Å². The number of aromatic carboxylic acids is 1. The van der Waals surface area contributed by atoms with E-state index in [0.717, 1.165) is 11.3 Å². The van der Waals surface area contributed by atoms with E-state index >= 15 is 0 Å². The molecule has 0 spiro atoms. The van der Waals surface area contributed by atoms with E-state index in [0.29, 0.717) is 12.0 Å². The maximum absolute atomic E-state index is 12.6. The van der Waals surface area contributed by atoms with Gasteiger partial charge in [0, 0.05) is 29.3 Å². The van der Waals surface area contributed by atoms with Crippen LogP contribution in [0.2, 0.25) is 0 Å². The number of carboxylic acids is 1. The van der Waals surface area contributed by atoms with Crippen molar-refractivity contribution >= 4 is 52.8 Å². The van der Waals surface area contributed by atoms with Crippen LogP contribution in [-0.2, 0) is 16.1 Å². The minimum atomic E-state index is -1.21. The van der Waals surface area contributed by atoms with Crippen molar-refractivity contribution < 1.29 is 29.2 Å². The van der Waals surface area contributed by atoms with Gasteiger partial charge >= 0.3 is 12.1 Å². The number of likely N-dealkylation sites (tertiary alicyclic amines) is 1. The Labute approximate surface area is 179 Å². The molecule has 2 aromatic rings. The Morgan fingerprint density at radius 3 is 2.67 bits per heavy atom. The van der Waals surface area contributed by atoms with Crippen molar-refractivity contribution in [2.24, 2.45) is 0 Å². The largest absolute Gasteiger partial charge is 0.476 e. The predicted octanol–water partition coefficient (Wildman–Crippen LogP) is 2.40. The van der Waals surface area contributed by atoms with Crippen LogP contribution in [0.25, 0.3) is 0 Å². The highest BCUT2D eigenvalue weighted by atomic mass is 32.1. The maximum Gasteiger partial charge on any atom is 0.410 e. The van der Waals surface area contributed by atoms with Crippen LogP contribution in [0.3, 0.4) is 0 Å². The molecule has 1 aromatic heterocycles. The molecule has 13 heteroatoms. The maximum atomic E-state index is 12.6. The molecule has 0 radical (unpaired) electrons. The SMILES string of the molecule is O=C(O)c1csc(NC(=O)[C@@H]2C[C@H](S)CN2C(=O)OCc2ccc([N+](=O)[O-])cc2)n1. The highest BCUT2D eigenvalue weighted by molar-refractivity contribution is 7.81. The lowest BCUT2D eigenvalue weighted by atomic mass is 10.2. The van der Waals surface area contributed by atoms with Crippen molar-refractivity contribution in [3.05, 3.63) is 51.0 Å². The van der Waals surface area contributed by atoms with E-state index in [1.165, 1.54) is 34.5 Å². The summed E-state index contributed by atoms with van der Waals surface area (Å²) in [5.74, 6) is -1.73. The molecule has 30 heavy (non-hydrogen) atoms. The third-order valence-corrected chi connectivity index (χ3v) is 5.41. The van der Waals surface area contributed by atoms with E-state index < -0.39 is 28.9 Å². The number of anilines is 1. The summed E-state index contributed by atoms with van der Waals surface area (Å²) < 4.78 is 5.24. The molecule has 2 atom stereocenters. The van der Waals surface area contributed by atoms with Crippen molar-refractivity contribution in [2.75, 3.05) is 11.9 Å². The highest BCUT2D eigenvalue weighted by Crippen LogP contribution is 2.25. The average molecular weight is 452 g/mol. The second-order valence-electron chi connectivity index (χ2n) is 6.37. The number of carbonyl (C=O) groups excluding carboxylic acids is 2. The molecule has 0 unspecified atom stereocenters. The normalized spacial score (nSPS) is 18.1. The summed E-state index contributed by atoms with van der Waals surface area (Å²) in [5.41, 5.74) is 0.293. The molecule has 1 saturated heterocycles. The highest BCUT2D eigenvalue weighted by Gasteiger charge is 2.39. The van der Waals surface area contributed by atoms with E-state index in [1.807, 2.05) is 0 Å². The number of thiazole rings is 1. The van der Waals surface area contributed by atoms with E-state index in [9.17, 15) is 24.5 Å². The molecule has 11 nitrogen and oxygen atoms in total. The van der Waals surface area contributed by atoms with Gasteiger partial charge in [-0.3, -0.25) is 19.8 Å². The van der Waals surface area contributed by atoms with E-state index in [1.54, 1.807) is 0 Å². The summed E-state index contributed by atoms with van der Waals surface area (Å²) in [6.07, 6.45) is -0.436. The molecule has 1 fully saturated rings. The van der Waals surface area contributed by atoms with Crippen LogP contribution in [-0.4, -0.2) is 55.7 Å². The number of ether oxygens (including phenoxy) is 1. The van der Waals surface area contributed by atoms with Gasteiger partial charge in [0.15, 0.2) is 10.8 Å². The number of hydrogen-bond donors (Lipinski definition) is 3. The number of hydrogen-bond acceptors (Lipinski definition) is 9. The van der Waals surface area contributed by atoms with E-state index in [-0.39, 0.29) is 34.9 Å². The molecule has 1 aliphatic rings. The van der Waals surface area contributed by atoms with Crippen LogP contribution in [0.15, 0.2) is 29.6 Å². The van der Waals surface area contributed by atoms with Crippen LogP contribution < -0.4 is 5.32 Å². The first-order valence-corrected chi connectivity index (χ1v) is 9.98. The smallest absolute Gasteiger partial charge is 0.410 e. The Morgan fingerprint density at radius 2 is 2.07 bits per heavy atom. The Morgan fingerprint density at radius 1 is 1.37 bits per heavy atom. The molecule has 1 aliphatic heterocycles. The number of benzene rings is 1. The van der Waals surface area contributed by atoms with Gasteiger partial charge in [-0.05, 0) is 24.1 Å². The van der Waals surface area contributed by atoms with E-state index in [4.69, 9.17) is 9.84 Å². The third kappa shape index (κ3) is 5.04. The fraction of sp³-hybridized carbons (Fsp3) is 0.294. The number of non-ortho nitro benzene ring substituents is 1. The number of nitrogens with zero attached hydrogens (tertiary/aromatic N) is 3. The molecule has 2 heterocycles. The second-order valence-corrected chi connectivity index (χ2v) is 7.96. The number of carboxylic acid groups (broad SMARTS) is 1. The first-order chi connectivity index (χ1) is 14.2. The van der Waals surface area contributed by atoms with Gasteiger partial charge in [0.25, 0.3) is 5.69 Å². The fourth-order valence-corrected chi connectivity index (χ4v) is 3.89. The summed E-state index contributed by atoms with van der Waals surface area (Å²) in [7, 11) is 0. The lowest BCUT2D eigenvalue weighted by Gasteiger charge is -2.22. The lowest BCUT2D eigenvalue weighted by Crippen LogP contribution is -2.43. The van der Waals surface area contributed by atoms with Crippen LogP contribution in [0, 0.1) is 10.1 Å². The summed E-state index contributed by atoms with van der Waals surface area (Å²) in [6, 6.07) is 4.71. The molecular weight excluding hydrogens is 436 g/mol. The van der Waals surface area contributed by atoms with Gasteiger partial charge in [0.2, 0.25) is 5.91 Å². The monoisotopic (exact) mass is 452 g/mol. The van der Waals surface area contributed by atoms with Gasteiger partial charge in [-0.1, -0.05) is 0 Å². The van der Waals surface area contributed by atoms with Crippen molar-refractivity contribution in [3.8, 4) is 0 Å². The number of nitro benzene ring substituents is 1. The number of nitrogens with one attached hydrogen (secondary N) is 1. The average Bonchev–Trinajstić information content (AvgIpc) is 3.33. The molecule has 158 valence electrons. The first kappa shape index (κ1) is 21.5. The second kappa shape index (κ2) is 9.09. The zero-order valence-electron chi connectivity index (χ0n) is 15.3. The molecule has 0 aliphatic carbocycles. The number of nitro groups is 1. The zero-order chi connectivity index (χ0) is 21.8. The lowest BCUT2D eigenvalue weighted by molar-refractivity contribution is -0.384. The van der Waals surface area contributed by atoms with Gasteiger partial charge in [-0.25, -0.2) is 14.6 Å². The summed E-state index contributed by atoms with van der Waals surface area (Å²) >= 11 is 5.30.